The number of aromatic nitrogens is 2. The molecule has 1 aromatic carbocycles. The summed E-state index contributed by atoms with van der Waals surface area (Å²) in [6.45, 7) is 3.93. The lowest BCUT2D eigenvalue weighted by atomic mass is 10.1. The van der Waals surface area contributed by atoms with Crippen LogP contribution < -0.4 is 5.32 Å². The number of nitrogens with one attached hydrogen (secondary N) is 1. The highest BCUT2D eigenvalue weighted by atomic mass is 19.1. The van der Waals surface area contributed by atoms with Gasteiger partial charge in [0.1, 0.15) is 5.82 Å². The van der Waals surface area contributed by atoms with Crippen LogP contribution in [0, 0.1) is 5.82 Å². The van der Waals surface area contributed by atoms with Gasteiger partial charge in [0, 0.05) is 25.1 Å². The molecule has 0 fully saturated rings. The first-order valence-electron chi connectivity index (χ1n) is 6.36. The topological polar surface area (TPSA) is 29.9 Å². The van der Waals surface area contributed by atoms with E-state index in [0.29, 0.717) is 0 Å². The number of benzene rings is 1. The maximum atomic E-state index is 13.3. The second kappa shape index (κ2) is 4.53. The van der Waals surface area contributed by atoms with Gasteiger partial charge in [0.25, 0.3) is 0 Å². The molecule has 0 bridgehead atoms. The number of aryl methyl sites for hydroxylation is 1. The Morgan fingerprint density at radius 2 is 2.33 bits per heavy atom. The number of fused-ring (bicyclic) bond motifs is 1. The first-order valence-corrected chi connectivity index (χ1v) is 6.36. The van der Waals surface area contributed by atoms with Gasteiger partial charge in [0.2, 0.25) is 0 Å². The fourth-order valence-corrected chi connectivity index (χ4v) is 2.52. The third-order valence-electron chi connectivity index (χ3n) is 3.40. The highest BCUT2D eigenvalue weighted by Crippen LogP contribution is 2.22. The Hall–Kier alpha value is -1.68. The van der Waals surface area contributed by atoms with Crippen LogP contribution in [0.2, 0.25) is 0 Å². The number of hydrogen-bond donors (Lipinski definition) is 1. The molecule has 0 saturated heterocycles. The van der Waals surface area contributed by atoms with E-state index in [0.717, 1.165) is 37.3 Å². The monoisotopic (exact) mass is 245 g/mol. The van der Waals surface area contributed by atoms with Crippen LogP contribution in [-0.2, 0) is 19.4 Å². The zero-order valence-electron chi connectivity index (χ0n) is 10.4. The largest absolute Gasteiger partial charge is 0.312 e. The molecule has 1 N–H and O–H groups in total. The van der Waals surface area contributed by atoms with Crippen LogP contribution in [0.4, 0.5) is 4.39 Å². The molecule has 0 aliphatic carbocycles. The third kappa shape index (κ3) is 1.82. The van der Waals surface area contributed by atoms with E-state index in [4.69, 9.17) is 0 Å². The minimum absolute atomic E-state index is 0.219. The van der Waals surface area contributed by atoms with Gasteiger partial charge in [-0.3, -0.25) is 0 Å². The molecule has 3 nitrogen and oxygen atoms in total. The molecule has 0 radical (unpaired) electrons. The summed E-state index contributed by atoms with van der Waals surface area (Å²) in [6.07, 6.45) is 1.85. The zero-order valence-corrected chi connectivity index (χ0v) is 10.4. The molecule has 0 saturated carbocycles. The predicted octanol–water partition coefficient (Wildman–Crippen LogP) is 2.22. The van der Waals surface area contributed by atoms with Crippen molar-refractivity contribution in [2.75, 3.05) is 6.54 Å². The Morgan fingerprint density at radius 3 is 3.11 bits per heavy atom. The summed E-state index contributed by atoms with van der Waals surface area (Å²) in [5, 5.41) is 8.00. The van der Waals surface area contributed by atoms with Crippen molar-refractivity contribution >= 4 is 0 Å². The molecular formula is C14H16FN3. The van der Waals surface area contributed by atoms with Gasteiger partial charge >= 0.3 is 0 Å². The average molecular weight is 245 g/mol. The molecule has 94 valence electrons. The second-order valence-electron chi connectivity index (χ2n) is 4.54. The molecule has 0 amide bonds. The summed E-state index contributed by atoms with van der Waals surface area (Å²) < 4.78 is 15.2. The van der Waals surface area contributed by atoms with Crippen molar-refractivity contribution in [2.45, 2.75) is 26.3 Å². The minimum Gasteiger partial charge on any atom is -0.312 e. The fourth-order valence-electron chi connectivity index (χ4n) is 2.52. The predicted molar refractivity (Wildman–Crippen MR) is 68.3 cm³/mol. The lowest BCUT2D eigenvalue weighted by Crippen LogP contribution is -2.24. The summed E-state index contributed by atoms with van der Waals surface area (Å²) in [7, 11) is 0. The van der Waals surface area contributed by atoms with Crippen LogP contribution in [0.3, 0.4) is 0 Å². The molecule has 1 aliphatic rings. The Kier molecular flexibility index (Phi) is 2.88. The van der Waals surface area contributed by atoms with Crippen molar-refractivity contribution in [3.05, 3.63) is 47.0 Å². The normalized spacial score (nSPS) is 14.6. The second-order valence-corrected chi connectivity index (χ2v) is 4.54. The standard InChI is InChI=1S/C14H16FN3/c1-2-13-12-9-16-7-6-14(12)18(17-13)11-5-3-4-10(15)8-11/h3-5,8,16H,2,6-7,9H2,1H3. The fraction of sp³-hybridized carbons (Fsp3) is 0.357. The molecule has 2 aromatic rings. The zero-order chi connectivity index (χ0) is 12.5. The van der Waals surface area contributed by atoms with Crippen LogP contribution in [0.5, 0.6) is 0 Å². The maximum Gasteiger partial charge on any atom is 0.125 e. The molecule has 0 atom stereocenters. The lowest BCUT2D eigenvalue weighted by Gasteiger charge is -2.15. The minimum atomic E-state index is -0.219. The first-order chi connectivity index (χ1) is 8.79. The summed E-state index contributed by atoms with van der Waals surface area (Å²) in [5.74, 6) is -0.219. The van der Waals surface area contributed by atoms with E-state index in [9.17, 15) is 4.39 Å². The van der Waals surface area contributed by atoms with Gasteiger partial charge in [0.15, 0.2) is 0 Å². The smallest absolute Gasteiger partial charge is 0.125 e. The van der Waals surface area contributed by atoms with Crippen molar-refractivity contribution in [3.63, 3.8) is 0 Å². The van der Waals surface area contributed by atoms with Gasteiger partial charge in [-0.15, -0.1) is 0 Å². The van der Waals surface area contributed by atoms with Gasteiger partial charge in [-0.1, -0.05) is 13.0 Å². The van der Waals surface area contributed by atoms with Gasteiger partial charge in [-0.05, 0) is 24.6 Å². The van der Waals surface area contributed by atoms with Gasteiger partial charge < -0.3 is 5.32 Å². The van der Waals surface area contributed by atoms with Gasteiger partial charge in [0.05, 0.1) is 17.1 Å². The molecule has 1 aliphatic heterocycles. The van der Waals surface area contributed by atoms with E-state index in [1.165, 1.54) is 23.4 Å². The van der Waals surface area contributed by atoms with E-state index in [1.54, 1.807) is 6.07 Å². The molecule has 18 heavy (non-hydrogen) atoms. The van der Waals surface area contributed by atoms with E-state index in [1.807, 2.05) is 10.7 Å². The summed E-state index contributed by atoms with van der Waals surface area (Å²) in [6, 6.07) is 6.62. The summed E-state index contributed by atoms with van der Waals surface area (Å²) >= 11 is 0. The third-order valence-corrected chi connectivity index (χ3v) is 3.40. The van der Waals surface area contributed by atoms with Crippen molar-refractivity contribution in [1.29, 1.82) is 0 Å². The number of halogens is 1. The Bertz CT molecular complexity index is 574. The SMILES string of the molecule is CCc1nn(-c2cccc(F)c2)c2c1CNCC2. The summed E-state index contributed by atoms with van der Waals surface area (Å²) in [4.78, 5) is 0. The molecule has 0 unspecified atom stereocenters. The van der Waals surface area contributed by atoms with Crippen molar-refractivity contribution in [1.82, 2.24) is 15.1 Å². The number of nitrogens with zero attached hydrogens (tertiary/aromatic N) is 2. The van der Waals surface area contributed by atoms with Crippen molar-refractivity contribution in [3.8, 4) is 5.69 Å². The van der Waals surface area contributed by atoms with E-state index in [2.05, 4.69) is 17.3 Å². The number of rotatable bonds is 2. The van der Waals surface area contributed by atoms with Crippen LogP contribution in [0.25, 0.3) is 5.69 Å². The quantitative estimate of drug-likeness (QED) is 0.879. The highest BCUT2D eigenvalue weighted by molar-refractivity contribution is 5.39. The Labute approximate surface area is 106 Å². The van der Waals surface area contributed by atoms with Crippen LogP contribution >= 0.6 is 0 Å². The molecule has 3 rings (SSSR count). The highest BCUT2D eigenvalue weighted by Gasteiger charge is 2.20. The molecule has 1 aromatic heterocycles. The molecular weight excluding hydrogens is 229 g/mol. The van der Waals surface area contributed by atoms with Crippen molar-refractivity contribution in [2.24, 2.45) is 0 Å². The lowest BCUT2D eigenvalue weighted by molar-refractivity contribution is 0.614. The Morgan fingerprint density at radius 1 is 1.44 bits per heavy atom. The van der Waals surface area contributed by atoms with E-state index >= 15 is 0 Å². The number of hydrogen-bond acceptors (Lipinski definition) is 2. The molecule has 2 heterocycles. The molecule has 4 heteroatoms. The van der Waals surface area contributed by atoms with Crippen LogP contribution in [-0.4, -0.2) is 16.3 Å². The maximum absolute atomic E-state index is 13.3. The van der Waals surface area contributed by atoms with Crippen LogP contribution in [0.1, 0.15) is 23.9 Å². The van der Waals surface area contributed by atoms with E-state index < -0.39 is 0 Å². The first kappa shape index (κ1) is 11.4. The Balaban J connectivity index is 2.14. The average Bonchev–Trinajstić information content (AvgIpc) is 2.77. The van der Waals surface area contributed by atoms with Gasteiger partial charge in [-0.25, -0.2) is 9.07 Å². The molecule has 0 spiro atoms. The van der Waals surface area contributed by atoms with Gasteiger partial charge in [-0.2, -0.15) is 5.10 Å². The van der Waals surface area contributed by atoms with Crippen molar-refractivity contribution < 1.29 is 4.39 Å². The van der Waals surface area contributed by atoms with E-state index in [-0.39, 0.29) is 5.82 Å². The summed E-state index contributed by atoms with van der Waals surface area (Å²) in [5.41, 5.74) is 4.43. The van der Waals surface area contributed by atoms with Crippen LogP contribution in [0.15, 0.2) is 24.3 Å².